The minimum Gasteiger partial charge on any atom is -0.292 e. The molecule has 0 radical (unpaired) electrons. The maximum absolute atomic E-state index is 9.24. The van der Waals surface area contributed by atoms with Gasteiger partial charge in [-0.2, -0.15) is 5.26 Å². The van der Waals surface area contributed by atoms with Crippen LogP contribution in [0.3, 0.4) is 0 Å². The summed E-state index contributed by atoms with van der Waals surface area (Å²) in [6.45, 7) is 0.488. The number of hydrogen-bond donors (Lipinski definition) is 1. The van der Waals surface area contributed by atoms with Crippen molar-refractivity contribution < 1.29 is 0 Å². The topological polar surface area (TPSA) is 48.7 Å². The lowest BCUT2D eigenvalue weighted by Crippen LogP contribution is -2.20. The zero-order chi connectivity index (χ0) is 13.7. The quantitative estimate of drug-likeness (QED) is 0.933. The van der Waals surface area contributed by atoms with E-state index in [1.165, 1.54) is 0 Å². The van der Waals surface area contributed by atoms with Crippen molar-refractivity contribution in [3.8, 4) is 6.07 Å². The van der Waals surface area contributed by atoms with E-state index in [-0.39, 0.29) is 0 Å². The standard InChI is InChI=1S/C14H11Cl2N3/c15-12-6-3-5-11(14(12)16)13(8-17)19-9-10-4-1-2-7-18-10/h1-7,13,19H,9H2. The van der Waals surface area contributed by atoms with Gasteiger partial charge in [-0.3, -0.25) is 10.3 Å². The van der Waals surface area contributed by atoms with Gasteiger partial charge < -0.3 is 0 Å². The third-order valence-electron chi connectivity index (χ3n) is 2.64. The molecule has 1 atom stereocenters. The fraction of sp³-hybridized carbons (Fsp3) is 0.143. The van der Waals surface area contributed by atoms with Crippen molar-refractivity contribution in [1.82, 2.24) is 10.3 Å². The summed E-state index contributed by atoms with van der Waals surface area (Å²) in [5.41, 5.74) is 1.54. The molecular weight excluding hydrogens is 281 g/mol. The zero-order valence-corrected chi connectivity index (χ0v) is 11.5. The van der Waals surface area contributed by atoms with Gasteiger partial charge in [0, 0.05) is 18.3 Å². The summed E-state index contributed by atoms with van der Waals surface area (Å²) in [6, 6.07) is 12.5. The number of aromatic nitrogens is 1. The zero-order valence-electron chi connectivity index (χ0n) is 9.98. The molecule has 2 rings (SSSR count). The average molecular weight is 292 g/mol. The Balaban J connectivity index is 2.13. The Morgan fingerprint density at radius 2 is 2.05 bits per heavy atom. The van der Waals surface area contributed by atoms with Crippen LogP contribution in [0.2, 0.25) is 10.0 Å². The van der Waals surface area contributed by atoms with Crippen LogP contribution in [-0.2, 0) is 6.54 Å². The van der Waals surface area contributed by atoms with Crippen molar-refractivity contribution >= 4 is 23.2 Å². The molecule has 0 aliphatic heterocycles. The minimum atomic E-state index is -0.520. The Labute approximate surface area is 121 Å². The molecule has 0 saturated carbocycles. The van der Waals surface area contributed by atoms with Crippen LogP contribution >= 0.6 is 23.2 Å². The molecular formula is C14H11Cl2N3. The number of pyridine rings is 1. The summed E-state index contributed by atoms with van der Waals surface area (Å²) >= 11 is 12.1. The molecule has 0 aliphatic carbocycles. The van der Waals surface area contributed by atoms with Gasteiger partial charge in [-0.1, -0.05) is 41.4 Å². The van der Waals surface area contributed by atoms with E-state index in [2.05, 4.69) is 16.4 Å². The van der Waals surface area contributed by atoms with Crippen molar-refractivity contribution in [2.75, 3.05) is 0 Å². The lowest BCUT2D eigenvalue weighted by Gasteiger charge is -2.13. The Hall–Kier alpha value is -1.60. The van der Waals surface area contributed by atoms with Crippen molar-refractivity contribution in [3.63, 3.8) is 0 Å². The normalized spacial score (nSPS) is 11.8. The molecule has 1 unspecified atom stereocenters. The third-order valence-corrected chi connectivity index (χ3v) is 3.47. The van der Waals surface area contributed by atoms with Crippen LogP contribution in [0.5, 0.6) is 0 Å². The second-order valence-electron chi connectivity index (χ2n) is 3.91. The summed E-state index contributed by atoms with van der Waals surface area (Å²) in [7, 11) is 0. The highest BCUT2D eigenvalue weighted by molar-refractivity contribution is 6.42. The van der Waals surface area contributed by atoms with Crippen LogP contribution in [-0.4, -0.2) is 4.98 Å². The number of nitrogens with zero attached hydrogens (tertiary/aromatic N) is 2. The van der Waals surface area contributed by atoms with E-state index in [0.717, 1.165) is 5.69 Å². The van der Waals surface area contributed by atoms with E-state index >= 15 is 0 Å². The predicted molar refractivity (Wildman–Crippen MR) is 75.9 cm³/mol. The first-order valence-corrected chi connectivity index (χ1v) is 6.45. The van der Waals surface area contributed by atoms with Gasteiger partial charge in [-0.25, -0.2) is 0 Å². The van der Waals surface area contributed by atoms with Crippen LogP contribution in [0.1, 0.15) is 17.3 Å². The number of halogens is 2. The monoisotopic (exact) mass is 291 g/mol. The van der Waals surface area contributed by atoms with Gasteiger partial charge in [-0.15, -0.1) is 0 Å². The van der Waals surface area contributed by atoms with Crippen molar-refractivity contribution in [2.45, 2.75) is 12.6 Å². The average Bonchev–Trinajstić information content (AvgIpc) is 2.45. The maximum Gasteiger partial charge on any atom is 0.123 e. The predicted octanol–water partition coefficient (Wildman–Crippen LogP) is 3.74. The van der Waals surface area contributed by atoms with Gasteiger partial charge in [0.2, 0.25) is 0 Å². The lowest BCUT2D eigenvalue weighted by molar-refractivity contribution is 0.621. The first kappa shape index (κ1) is 13.8. The van der Waals surface area contributed by atoms with Gasteiger partial charge in [0.05, 0.1) is 21.8 Å². The van der Waals surface area contributed by atoms with E-state index in [1.807, 2.05) is 18.2 Å². The molecule has 19 heavy (non-hydrogen) atoms. The van der Waals surface area contributed by atoms with Gasteiger partial charge in [-0.05, 0) is 18.2 Å². The Morgan fingerprint density at radius 1 is 1.21 bits per heavy atom. The van der Waals surface area contributed by atoms with Gasteiger partial charge in [0.15, 0.2) is 0 Å². The Kier molecular flexibility index (Phi) is 4.75. The van der Waals surface area contributed by atoms with Gasteiger partial charge >= 0.3 is 0 Å². The number of rotatable bonds is 4. The van der Waals surface area contributed by atoms with E-state index in [0.29, 0.717) is 22.2 Å². The summed E-state index contributed by atoms with van der Waals surface area (Å²) in [4.78, 5) is 4.19. The smallest absolute Gasteiger partial charge is 0.123 e. The van der Waals surface area contributed by atoms with Crippen molar-refractivity contribution in [1.29, 1.82) is 5.26 Å². The second kappa shape index (κ2) is 6.53. The van der Waals surface area contributed by atoms with Crippen LogP contribution in [0.25, 0.3) is 0 Å². The van der Waals surface area contributed by atoms with Gasteiger partial charge in [0.1, 0.15) is 6.04 Å². The molecule has 1 heterocycles. The highest BCUT2D eigenvalue weighted by Gasteiger charge is 2.15. The Morgan fingerprint density at radius 3 is 2.74 bits per heavy atom. The molecule has 5 heteroatoms. The van der Waals surface area contributed by atoms with Gasteiger partial charge in [0.25, 0.3) is 0 Å². The molecule has 0 spiro atoms. The molecule has 1 aromatic heterocycles. The van der Waals surface area contributed by atoms with Crippen LogP contribution in [0, 0.1) is 11.3 Å². The number of hydrogen-bond acceptors (Lipinski definition) is 3. The molecule has 1 aromatic carbocycles. The highest BCUT2D eigenvalue weighted by atomic mass is 35.5. The third kappa shape index (κ3) is 3.45. The minimum absolute atomic E-state index is 0.407. The first-order valence-electron chi connectivity index (χ1n) is 5.69. The molecule has 0 amide bonds. The van der Waals surface area contributed by atoms with E-state index in [9.17, 15) is 5.26 Å². The molecule has 1 N–H and O–H groups in total. The molecule has 0 saturated heterocycles. The van der Waals surface area contributed by atoms with E-state index in [1.54, 1.807) is 24.4 Å². The molecule has 96 valence electrons. The summed E-state index contributed by atoms with van der Waals surface area (Å²) < 4.78 is 0. The Bertz CT molecular complexity index is 593. The van der Waals surface area contributed by atoms with E-state index in [4.69, 9.17) is 23.2 Å². The summed E-state index contributed by atoms with van der Waals surface area (Å²) in [5.74, 6) is 0. The summed E-state index contributed by atoms with van der Waals surface area (Å²) in [6.07, 6.45) is 1.71. The molecule has 0 aliphatic rings. The van der Waals surface area contributed by atoms with Crippen LogP contribution in [0.15, 0.2) is 42.6 Å². The highest BCUT2D eigenvalue weighted by Crippen LogP contribution is 2.29. The fourth-order valence-electron chi connectivity index (χ4n) is 1.68. The van der Waals surface area contributed by atoms with E-state index < -0.39 is 6.04 Å². The van der Waals surface area contributed by atoms with Crippen LogP contribution < -0.4 is 5.32 Å². The first-order chi connectivity index (χ1) is 9.22. The SMILES string of the molecule is N#CC(NCc1ccccn1)c1cccc(Cl)c1Cl. The molecule has 2 aromatic rings. The maximum atomic E-state index is 9.24. The lowest BCUT2D eigenvalue weighted by atomic mass is 10.1. The van der Waals surface area contributed by atoms with Crippen molar-refractivity contribution in [3.05, 3.63) is 63.9 Å². The molecule has 0 fully saturated rings. The van der Waals surface area contributed by atoms with Crippen molar-refractivity contribution in [2.24, 2.45) is 0 Å². The number of nitriles is 1. The molecule has 0 bridgehead atoms. The number of benzene rings is 1. The molecule has 3 nitrogen and oxygen atoms in total. The number of nitrogens with one attached hydrogen (secondary N) is 1. The summed E-state index contributed by atoms with van der Waals surface area (Å²) in [5, 5.41) is 13.2. The van der Waals surface area contributed by atoms with Crippen LogP contribution in [0.4, 0.5) is 0 Å². The fourth-order valence-corrected chi connectivity index (χ4v) is 2.09. The second-order valence-corrected chi connectivity index (χ2v) is 4.69. The largest absolute Gasteiger partial charge is 0.292 e.